The lowest BCUT2D eigenvalue weighted by atomic mass is 10.1. The molecule has 1 fully saturated rings. The Morgan fingerprint density at radius 3 is 2.67 bits per heavy atom. The Morgan fingerprint density at radius 2 is 1.93 bits per heavy atom. The standard InChI is InChI=1S/C21H21ClFN3O2S.ClH/c22-16-3-6-18-19(14-16)29-21(24-18)26(8-7-25-9-11-28-12-10-25)20(27)13-15-1-4-17(23)5-2-15;/h1-6,14H,7-13H2;1H. The van der Waals surface area contributed by atoms with Gasteiger partial charge in [0.1, 0.15) is 5.82 Å². The second-order valence-electron chi connectivity index (χ2n) is 6.91. The molecule has 0 N–H and O–H groups in total. The highest BCUT2D eigenvalue weighted by molar-refractivity contribution is 7.22. The van der Waals surface area contributed by atoms with Gasteiger partial charge in [0.05, 0.1) is 29.9 Å². The number of morpholine rings is 1. The summed E-state index contributed by atoms with van der Waals surface area (Å²) in [4.78, 5) is 21.8. The van der Waals surface area contributed by atoms with Gasteiger partial charge in [0.2, 0.25) is 5.91 Å². The first kappa shape index (κ1) is 22.9. The van der Waals surface area contributed by atoms with Gasteiger partial charge in [0, 0.05) is 31.2 Å². The van der Waals surface area contributed by atoms with Crippen LogP contribution >= 0.6 is 35.3 Å². The van der Waals surface area contributed by atoms with Crippen LogP contribution in [-0.2, 0) is 16.0 Å². The number of benzene rings is 2. The number of carbonyl (C=O) groups excluding carboxylic acids is 1. The Bertz CT molecular complexity index is 994. The summed E-state index contributed by atoms with van der Waals surface area (Å²) in [6, 6.07) is 11.6. The molecule has 4 rings (SSSR count). The van der Waals surface area contributed by atoms with Crippen LogP contribution in [0.25, 0.3) is 10.2 Å². The fraction of sp³-hybridized carbons (Fsp3) is 0.333. The van der Waals surface area contributed by atoms with Crippen LogP contribution in [0.1, 0.15) is 5.56 Å². The van der Waals surface area contributed by atoms with Crippen LogP contribution in [0.4, 0.5) is 9.52 Å². The number of fused-ring (bicyclic) bond motifs is 1. The monoisotopic (exact) mass is 469 g/mol. The van der Waals surface area contributed by atoms with E-state index >= 15 is 0 Å². The maximum Gasteiger partial charge on any atom is 0.233 e. The van der Waals surface area contributed by atoms with Crippen molar-refractivity contribution in [1.29, 1.82) is 0 Å². The van der Waals surface area contributed by atoms with Crippen molar-refractivity contribution in [2.45, 2.75) is 6.42 Å². The van der Waals surface area contributed by atoms with Gasteiger partial charge in [-0.15, -0.1) is 12.4 Å². The normalized spacial score (nSPS) is 14.5. The van der Waals surface area contributed by atoms with Crippen LogP contribution in [0.5, 0.6) is 0 Å². The first-order valence-corrected chi connectivity index (χ1v) is 10.7. The molecule has 1 saturated heterocycles. The summed E-state index contributed by atoms with van der Waals surface area (Å²) in [6.45, 7) is 4.42. The SMILES string of the molecule is Cl.O=C(Cc1ccc(F)cc1)N(CCN1CCOCC1)c1nc2ccc(Cl)cc2s1. The highest BCUT2D eigenvalue weighted by Crippen LogP contribution is 2.31. The molecule has 0 unspecified atom stereocenters. The molecule has 1 aromatic heterocycles. The highest BCUT2D eigenvalue weighted by Gasteiger charge is 2.22. The zero-order valence-electron chi connectivity index (χ0n) is 16.2. The lowest BCUT2D eigenvalue weighted by Gasteiger charge is -2.29. The molecular formula is C21H22Cl2FN3O2S. The molecule has 0 radical (unpaired) electrons. The summed E-state index contributed by atoms with van der Waals surface area (Å²) in [7, 11) is 0. The predicted molar refractivity (Wildman–Crippen MR) is 122 cm³/mol. The Hall–Kier alpha value is -1.77. The van der Waals surface area contributed by atoms with Crippen molar-refractivity contribution >= 4 is 56.6 Å². The molecule has 9 heteroatoms. The van der Waals surface area contributed by atoms with E-state index in [1.807, 2.05) is 12.1 Å². The van der Waals surface area contributed by atoms with Crippen LogP contribution in [-0.4, -0.2) is 55.2 Å². The Labute approximate surface area is 189 Å². The van der Waals surface area contributed by atoms with Crippen LogP contribution < -0.4 is 4.90 Å². The van der Waals surface area contributed by atoms with Crippen molar-refractivity contribution in [3.8, 4) is 0 Å². The van der Waals surface area contributed by atoms with Crippen LogP contribution in [0.2, 0.25) is 5.02 Å². The number of amides is 1. The van der Waals surface area contributed by atoms with Crippen molar-refractivity contribution in [2.75, 3.05) is 44.3 Å². The lowest BCUT2D eigenvalue weighted by Crippen LogP contribution is -2.43. The summed E-state index contributed by atoms with van der Waals surface area (Å²) in [5.41, 5.74) is 1.59. The van der Waals surface area contributed by atoms with Crippen molar-refractivity contribution < 1.29 is 13.9 Å². The molecule has 0 atom stereocenters. The maximum atomic E-state index is 13.2. The molecule has 3 aromatic rings. The number of rotatable bonds is 6. The average molecular weight is 470 g/mol. The molecule has 5 nitrogen and oxygen atoms in total. The predicted octanol–water partition coefficient (Wildman–Crippen LogP) is 4.42. The van der Waals surface area contributed by atoms with Crippen LogP contribution in [0.15, 0.2) is 42.5 Å². The summed E-state index contributed by atoms with van der Waals surface area (Å²) in [5.74, 6) is -0.372. The van der Waals surface area contributed by atoms with Crippen molar-refractivity contribution in [3.63, 3.8) is 0 Å². The van der Waals surface area contributed by atoms with Gasteiger partial charge in [-0.05, 0) is 35.9 Å². The minimum atomic E-state index is -0.312. The number of aromatic nitrogens is 1. The molecule has 2 aromatic carbocycles. The van der Waals surface area contributed by atoms with E-state index in [9.17, 15) is 9.18 Å². The number of halogens is 3. The molecule has 160 valence electrons. The fourth-order valence-corrected chi connectivity index (χ4v) is 4.55. The molecule has 1 amide bonds. The molecule has 1 aliphatic heterocycles. The van der Waals surface area contributed by atoms with Crippen LogP contribution in [0, 0.1) is 5.82 Å². The quantitative estimate of drug-likeness (QED) is 0.535. The summed E-state index contributed by atoms with van der Waals surface area (Å²) >= 11 is 7.56. The van der Waals surface area contributed by atoms with E-state index in [-0.39, 0.29) is 30.6 Å². The maximum absolute atomic E-state index is 13.2. The van der Waals surface area contributed by atoms with Gasteiger partial charge in [-0.3, -0.25) is 14.6 Å². The third kappa shape index (κ3) is 5.68. The van der Waals surface area contributed by atoms with Gasteiger partial charge in [-0.2, -0.15) is 0 Å². The third-order valence-electron chi connectivity index (χ3n) is 4.88. The van der Waals surface area contributed by atoms with Gasteiger partial charge in [0.25, 0.3) is 0 Å². The highest BCUT2D eigenvalue weighted by atomic mass is 35.5. The van der Waals surface area contributed by atoms with E-state index < -0.39 is 0 Å². The van der Waals surface area contributed by atoms with Gasteiger partial charge in [-0.1, -0.05) is 35.1 Å². The topological polar surface area (TPSA) is 45.7 Å². The van der Waals surface area contributed by atoms with E-state index in [0.717, 1.165) is 35.4 Å². The van der Waals surface area contributed by atoms with E-state index in [1.54, 1.807) is 23.1 Å². The van der Waals surface area contributed by atoms with Crippen molar-refractivity contribution in [3.05, 3.63) is 58.9 Å². The number of hydrogen-bond acceptors (Lipinski definition) is 5. The minimum absolute atomic E-state index is 0. The summed E-state index contributed by atoms with van der Waals surface area (Å²) in [6.07, 6.45) is 0.195. The second-order valence-corrected chi connectivity index (χ2v) is 8.36. The Balaban J connectivity index is 0.00000256. The lowest BCUT2D eigenvalue weighted by molar-refractivity contribution is -0.118. The van der Waals surface area contributed by atoms with E-state index in [4.69, 9.17) is 16.3 Å². The number of carbonyl (C=O) groups is 1. The van der Waals surface area contributed by atoms with Crippen molar-refractivity contribution in [1.82, 2.24) is 9.88 Å². The molecule has 0 aliphatic carbocycles. The number of nitrogens with zero attached hydrogens (tertiary/aromatic N) is 3. The molecular weight excluding hydrogens is 448 g/mol. The van der Waals surface area contributed by atoms with Crippen LogP contribution in [0.3, 0.4) is 0 Å². The number of hydrogen-bond donors (Lipinski definition) is 0. The first-order valence-electron chi connectivity index (χ1n) is 9.49. The number of anilines is 1. The molecule has 30 heavy (non-hydrogen) atoms. The smallest absolute Gasteiger partial charge is 0.233 e. The summed E-state index contributed by atoms with van der Waals surface area (Å²) in [5, 5.41) is 1.30. The van der Waals surface area contributed by atoms with Gasteiger partial charge in [0.15, 0.2) is 5.13 Å². The van der Waals surface area contributed by atoms with Gasteiger partial charge >= 0.3 is 0 Å². The number of ether oxygens (including phenoxy) is 1. The molecule has 0 spiro atoms. The molecule has 1 aliphatic rings. The average Bonchev–Trinajstić information content (AvgIpc) is 3.13. The zero-order valence-corrected chi connectivity index (χ0v) is 18.6. The van der Waals surface area contributed by atoms with Crippen molar-refractivity contribution in [2.24, 2.45) is 0 Å². The third-order valence-corrected chi connectivity index (χ3v) is 6.16. The second kappa shape index (κ2) is 10.5. The van der Waals surface area contributed by atoms with Gasteiger partial charge in [-0.25, -0.2) is 9.37 Å². The minimum Gasteiger partial charge on any atom is -0.379 e. The zero-order chi connectivity index (χ0) is 20.2. The van der Waals surface area contributed by atoms with Gasteiger partial charge < -0.3 is 4.74 Å². The van der Waals surface area contributed by atoms with E-state index in [1.165, 1.54) is 23.5 Å². The first-order chi connectivity index (χ1) is 14.1. The summed E-state index contributed by atoms with van der Waals surface area (Å²) < 4.78 is 19.5. The van der Waals surface area contributed by atoms with E-state index in [2.05, 4.69) is 9.88 Å². The molecule has 2 heterocycles. The number of thiazole rings is 1. The van der Waals surface area contributed by atoms with E-state index in [0.29, 0.717) is 29.9 Å². The Morgan fingerprint density at radius 1 is 1.20 bits per heavy atom. The largest absolute Gasteiger partial charge is 0.379 e. The Kier molecular flexibility index (Phi) is 8.02. The molecule has 0 saturated carbocycles. The molecule has 0 bridgehead atoms. The fourth-order valence-electron chi connectivity index (χ4n) is 3.27.